The highest BCUT2D eigenvalue weighted by molar-refractivity contribution is 7.14. The molecule has 1 N–H and O–H groups in total. The van der Waals surface area contributed by atoms with Crippen molar-refractivity contribution in [3.8, 4) is 22.8 Å². The van der Waals surface area contributed by atoms with Gasteiger partial charge in [0.05, 0.1) is 39.5 Å². The fourth-order valence-corrected chi connectivity index (χ4v) is 3.31. The monoisotopic (exact) mass is 398 g/mol. The van der Waals surface area contributed by atoms with Gasteiger partial charge in [0.1, 0.15) is 11.5 Å². The van der Waals surface area contributed by atoms with Gasteiger partial charge in [-0.25, -0.2) is 4.98 Å². The molecule has 0 saturated carbocycles. The van der Waals surface area contributed by atoms with Crippen LogP contribution in [0.2, 0.25) is 0 Å². The van der Waals surface area contributed by atoms with Crippen molar-refractivity contribution < 1.29 is 19.0 Å². The third-order valence-electron chi connectivity index (χ3n) is 4.02. The standard InChI is InChI=1S/C21H22N2O4S/c1-25-16-8-9-19(26-2)17(12-16)18-14-28-21(22-18)23-20(24)10-11-27-13-15-6-4-3-5-7-15/h3-9,12,14H,10-11,13H2,1-2H3,(H,22,23,24). The molecule has 1 aromatic heterocycles. The summed E-state index contributed by atoms with van der Waals surface area (Å²) < 4.78 is 16.2. The lowest BCUT2D eigenvalue weighted by Gasteiger charge is -2.08. The summed E-state index contributed by atoms with van der Waals surface area (Å²) in [5.74, 6) is 1.27. The molecule has 0 aliphatic heterocycles. The van der Waals surface area contributed by atoms with Crippen molar-refractivity contribution in [2.24, 2.45) is 0 Å². The van der Waals surface area contributed by atoms with E-state index >= 15 is 0 Å². The molecule has 3 aromatic rings. The van der Waals surface area contributed by atoms with E-state index in [1.165, 1.54) is 11.3 Å². The van der Waals surface area contributed by atoms with E-state index in [4.69, 9.17) is 14.2 Å². The fraction of sp³-hybridized carbons (Fsp3) is 0.238. The number of carbonyl (C=O) groups excluding carboxylic acids is 1. The van der Waals surface area contributed by atoms with Crippen LogP contribution in [0.4, 0.5) is 5.13 Å². The van der Waals surface area contributed by atoms with E-state index in [0.29, 0.717) is 29.8 Å². The number of nitrogens with one attached hydrogen (secondary N) is 1. The van der Waals surface area contributed by atoms with E-state index < -0.39 is 0 Å². The Hall–Kier alpha value is -2.90. The van der Waals surface area contributed by atoms with Gasteiger partial charge in [-0.3, -0.25) is 4.79 Å². The zero-order chi connectivity index (χ0) is 19.8. The highest BCUT2D eigenvalue weighted by atomic mass is 32.1. The van der Waals surface area contributed by atoms with E-state index in [0.717, 1.165) is 16.8 Å². The molecule has 0 radical (unpaired) electrons. The summed E-state index contributed by atoms with van der Waals surface area (Å²) >= 11 is 1.36. The fourth-order valence-electron chi connectivity index (χ4n) is 2.58. The van der Waals surface area contributed by atoms with E-state index in [9.17, 15) is 4.79 Å². The Labute approximate surface area is 168 Å². The molecule has 6 nitrogen and oxygen atoms in total. The Morgan fingerprint density at radius 3 is 2.68 bits per heavy atom. The molecular weight excluding hydrogens is 376 g/mol. The maximum Gasteiger partial charge on any atom is 0.228 e. The van der Waals surface area contributed by atoms with Gasteiger partial charge in [0, 0.05) is 10.9 Å². The number of aromatic nitrogens is 1. The molecule has 0 aliphatic carbocycles. The minimum atomic E-state index is -0.133. The van der Waals surface area contributed by atoms with Crippen molar-refractivity contribution in [3.05, 3.63) is 59.5 Å². The first-order valence-electron chi connectivity index (χ1n) is 8.79. The first kappa shape index (κ1) is 19.9. The van der Waals surface area contributed by atoms with Crippen LogP contribution in [0.5, 0.6) is 11.5 Å². The maximum absolute atomic E-state index is 12.1. The summed E-state index contributed by atoms with van der Waals surface area (Å²) in [5, 5.41) is 5.22. The Morgan fingerprint density at radius 1 is 1.11 bits per heavy atom. The number of hydrogen-bond acceptors (Lipinski definition) is 6. The number of methoxy groups -OCH3 is 2. The van der Waals surface area contributed by atoms with Crippen molar-refractivity contribution in [1.82, 2.24) is 4.98 Å². The van der Waals surface area contributed by atoms with Crippen LogP contribution in [0.1, 0.15) is 12.0 Å². The topological polar surface area (TPSA) is 69.7 Å². The summed E-state index contributed by atoms with van der Waals surface area (Å²) in [6, 6.07) is 15.4. The Bertz CT molecular complexity index is 912. The predicted octanol–water partition coefficient (Wildman–Crippen LogP) is 4.37. The van der Waals surface area contributed by atoms with Crippen molar-refractivity contribution in [1.29, 1.82) is 0 Å². The molecule has 0 atom stereocenters. The molecule has 0 bridgehead atoms. The SMILES string of the molecule is COc1ccc(OC)c(-c2csc(NC(=O)CCOCc3ccccc3)n2)c1. The number of hydrogen-bond donors (Lipinski definition) is 1. The lowest BCUT2D eigenvalue weighted by Crippen LogP contribution is -2.14. The molecule has 0 spiro atoms. The van der Waals surface area contributed by atoms with Crippen LogP contribution < -0.4 is 14.8 Å². The molecule has 2 aromatic carbocycles. The Kier molecular flexibility index (Phi) is 7.00. The molecule has 28 heavy (non-hydrogen) atoms. The normalized spacial score (nSPS) is 10.5. The number of nitrogens with zero attached hydrogens (tertiary/aromatic N) is 1. The minimum Gasteiger partial charge on any atom is -0.497 e. The van der Waals surface area contributed by atoms with Crippen molar-refractivity contribution in [2.75, 3.05) is 26.1 Å². The first-order chi connectivity index (χ1) is 13.7. The van der Waals surface area contributed by atoms with Gasteiger partial charge < -0.3 is 19.5 Å². The lowest BCUT2D eigenvalue weighted by molar-refractivity contribution is -0.117. The van der Waals surface area contributed by atoms with Gasteiger partial charge >= 0.3 is 0 Å². The molecule has 0 aliphatic rings. The molecule has 7 heteroatoms. The molecular formula is C21H22N2O4S. The summed E-state index contributed by atoms with van der Waals surface area (Å²) in [6.07, 6.45) is 0.268. The van der Waals surface area contributed by atoms with Crippen molar-refractivity contribution >= 4 is 22.4 Å². The van der Waals surface area contributed by atoms with Gasteiger partial charge in [0.25, 0.3) is 0 Å². The van der Waals surface area contributed by atoms with Crippen LogP contribution in [0.3, 0.4) is 0 Å². The number of anilines is 1. The second-order valence-corrected chi connectivity index (χ2v) is 6.80. The van der Waals surface area contributed by atoms with E-state index in [2.05, 4.69) is 10.3 Å². The van der Waals surface area contributed by atoms with Crippen LogP contribution >= 0.6 is 11.3 Å². The zero-order valence-electron chi connectivity index (χ0n) is 15.8. The summed E-state index contributed by atoms with van der Waals surface area (Å²) in [5.41, 5.74) is 2.61. The lowest BCUT2D eigenvalue weighted by atomic mass is 10.1. The quantitative estimate of drug-likeness (QED) is 0.542. The van der Waals surface area contributed by atoms with Gasteiger partial charge in [-0.15, -0.1) is 11.3 Å². The third-order valence-corrected chi connectivity index (χ3v) is 4.78. The van der Waals surface area contributed by atoms with Gasteiger partial charge in [0.2, 0.25) is 5.91 Å². The largest absolute Gasteiger partial charge is 0.497 e. The summed E-state index contributed by atoms with van der Waals surface area (Å²) in [4.78, 5) is 16.6. The third kappa shape index (κ3) is 5.31. The highest BCUT2D eigenvalue weighted by Crippen LogP contribution is 2.35. The molecule has 0 fully saturated rings. The van der Waals surface area contributed by atoms with Crippen molar-refractivity contribution in [2.45, 2.75) is 13.0 Å². The van der Waals surface area contributed by atoms with Crippen LogP contribution in [0.15, 0.2) is 53.9 Å². The van der Waals surface area contributed by atoms with E-state index in [-0.39, 0.29) is 12.3 Å². The molecule has 0 saturated heterocycles. The number of benzene rings is 2. The predicted molar refractivity (Wildman–Crippen MR) is 110 cm³/mol. The van der Waals surface area contributed by atoms with Gasteiger partial charge in [-0.2, -0.15) is 0 Å². The molecule has 3 rings (SSSR count). The van der Waals surface area contributed by atoms with Crippen LogP contribution in [0.25, 0.3) is 11.3 Å². The van der Waals surface area contributed by atoms with Gasteiger partial charge in [-0.05, 0) is 23.8 Å². The highest BCUT2D eigenvalue weighted by Gasteiger charge is 2.13. The zero-order valence-corrected chi connectivity index (χ0v) is 16.6. The molecule has 146 valence electrons. The van der Waals surface area contributed by atoms with Gasteiger partial charge in [0.15, 0.2) is 5.13 Å². The Morgan fingerprint density at radius 2 is 1.93 bits per heavy atom. The van der Waals surface area contributed by atoms with E-state index in [1.54, 1.807) is 14.2 Å². The van der Waals surface area contributed by atoms with Crippen LogP contribution in [-0.4, -0.2) is 31.7 Å². The maximum atomic E-state index is 12.1. The second kappa shape index (κ2) is 9.87. The smallest absolute Gasteiger partial charge is 0.228 e. The molecule has 0 unspecified atom stereocenters. The average Bonchev–Trinajstić information content (AvgIpc) is 3.19. The van der Waals surface area contributed by atoms with Gasteiger partial charge in [-0.1, -0.05) is 30.3 Å². The summed E-state index contributed by atoms with van der Waals surface area (Å²) in [6.45, 7) is 0.841. The number of amides is 1. The number of carbonyl (C=O) groups is 1. The number of ether oxygens (including phenoxy) is 3. The number of rotatable bonds is 9. The number of thiazole rings is 1. The van der Waals surface area contributed by atoms with E-state index in [1.807, 2.05) is 53.9 Å². The molecule has 1 amide bonds. The second-order valence-electron chi connectivity index (χ2n) is 5.94. The first-order valence-corrected chi connectivity index (χ1v) is 9.67. The summed E-state index contributed by atoms with van der Waals surface area (Å²) in [7, 11) is 3.22. The molecule has 1 heterocycles. The minimum absolute atomic E-state index is 0.133. The van der Waals surface area contributed by atoms with Crippen LogP contribution in [-0.2, 0) is 16.1 Å². The Balaban J connectivity index is 1.53. The van der Waals surface area contributed by atoms with Crippen LogP contribution in [0, 0.1) is 0 Å². The van der Waals surface area contributed by atoms with Crippen molar-refractivity contribution in [3.63, 3.8) is 0 Å². The average molecular weight is 398 g/mol.